The summed E-state index contributed by atoms with van der Waals surface area (Å²) in [7, 11) is -4.76. The lowest BCUT2D eigenvalue weighted by Crippen LogP contribution is -2.43. The topological polar surface area (TPSA) is 169 Å². The lowest BCUT2D eigenvalue weighted by atomic mass is 10.0. The highest BCUT2D eigenvalue weighted by Gasteiger charge is 2.28. The highest BCUT2D eigenvalue weighted by molar-refractivity contribution is 7.47. The molecule has 1 amide bonds. The van der Waals surface area contributed by atoms with E-state index < -0.39 is 57.6 Å². The predicted molar refractivity (Wildman–Crippen MR) is 240 cm³/mol. The Balaban J connectivity index is 3.86. The number of phosphoric ester groups is 1. The van der Waals surface area contributed by atoms with Crippen molar-refractivity contribution in [1.29, 1.82) is 0 Å². The monoisotopic (exact) mass is 856 g/mol. The van der Waals surface area contributed by atoms with Crippen LogP contribution < -0.4 is 5.32 Å². The van der Waals surface area contributed by atoms with Crippen molar-refractivity contribution in [2.24, 2.45) is 0 Å². The molecule has 0 aromatic rings. The minimum absolute atomic E-state index is 0.148. The third-order valence-corrected chi connectivity index (χ3v) is 11.1. The molecule has 0 bridgehead atoms. The van der Waals surface area contributed by atoms with E-state index in [4.69, 9.17) is 13.8 Å². The minimum Gasteiger partial charge on any atom is -0.480 e. The van der Waals surface area contributed by atoms with Crippen LogP contribution in [0.25, 0.3) is 0 Å². The van der Waals surface area contributed by atoms with Crippen LogP contribution in [0.4, 0.5) is 0 Å². The number of hydrogen-bond donors (Lipinski definition) is 4. The first-order valence-electron chi connectivity index (χ1n) is 23.5. The van der Waals surface area contributed by atoms with Crippen molar-refractivity contribution in [3.05, 3.63) is 36.5 Å². The molecular weight excluding hydrogens is 769 g/mol. The van der Waals surface area contributed by atoms with E-state index in [0.717, 1.165) is 70.6 Å². The third kappa shape index (κ3) is 42.2. The van der Waals surface area contributed by atoms with Crippen LogP contribution in [0.1, 0.15) is 213 Å². The van der Waals surface area contributed by atoms with Crippen LogP contribution in [0.3, 0.4) is 0 Å². The van der Waals surface area contributed by atoms with Crippen molar-refractivity contribution < 1.29 is 47.8 Å². The van der Waals surface area contributed by atoms with Gasteiger partial charge >= 0.3 is 19.8 Å². The summed E-state index contributed by atoms with van der Waals surface area (Å²) in [4.78, 5) is 46.0. The van der Waals surface area contributed by atoms with Crippen LogP contribution in [-0.4, -0.2) is 64.9 Å². The first-order valence-corrected chi connectivity index (χ1v) is 25.0. The van der Waals surface area contributed by atoms with Gasteiger partial charge in [-0.15, -0.1) is 0 Å². The van der Waals surface area contributed by atoms with Crippen LogP contribution in [0, 0.1) is 0 Å². The van der Waals surface area contributed by atoms with Gasteiger partial charge in [-0.3, -0.25) is 18.6 Å². The summed E-state index contributed by atoms with van der Waals surface area (Å²) in [6.45, 7) is 2.49. The van der Waals surface area contributed by atoms with Crippen molar-refractivity contribution in [3.63, 3.8) is 0 Å². The van der Waals surface area contributed by atoms with Gasteiger partial charge in [0.1, 0.15) is 12.7 Å². The number of allylic oxidation sites excluding steroid dienone is 6. The van der Waals surface area contributed by atoms with Gasteiger partial charge in [0.2, 0.25) is 5.91 Å². The Morgan fingerprint density at radius 3 is 1.47 bits per heavy atom. The molecule has 3 atom stereocenters. The molecule has 0 fully saturated rings. The smallest absolute Gasteiger partial charge is 0.472 e. The number of rotatable bonds is 44. The summed E-state index contributed by atoms with van der Waals surface area (Å²) in [5, 5.41) is 21.9. The van der Waals surface area contributed by atoms with Gasteiger partial charge in [-0.25, -0.2) is 9.36 Å². The van der Waals surface area contributed by atoms with Gasteiger partial charge in [-0.05, 0) is 44.9 Å². The Labute approximate surface area is 359 Å². The number of nitrogens with one attached hydrogen (secondary N) is 1. The van der Waals surface area contributed by atoms with Crippen molar-refractivity contribution in [2.45, 2.75) is 225 Å². The molecule has 344 valence electrons. The number of esters is 1. The SMILES string of the molecule is CC/C=C\C/C=C\C/C=C\CCCCCCCC(=O)OCC(O)COP(=O)(O)OCC(NC(=O)CCCCCCCCCCCCCCCCCCCCCC)C(=O)O. The number of aliphatic hydroxyl groups is 1. The zero-order chi connectivity index (χ0) is 43.5. The molecule has 0 aliphatic carbocycles. The molecule has 0 rings (SSSR count). The highest BCUT2D eigenvalue weighted by Crippen LogP contribution is 2.43. The number of ether oxygens (including phenoxy) is 1. The van der Waals surface area contributed by atoms with Crippen molar-refractivity contribution in [3.8, 4) is 0 Å². The average molecular weight is 856 g/mol. The number of aliphatic hydroxyl groups excluding tert-OH is 1. The number of hydrogen-bond acceptors (Lipinski definition) is 8. The lowest BCUT2D eigenvalue weighted by molar-refractivity contribution is -0.147. The van der Waals surface area contributed by atoms with Crippen molar-refractivity contribution in [1.82, 2.24) is 5.32 Å². The van der Waals surface area contributed by atoms with Crippen LogP contribution in [0.5, 0.6) is 0 Å². The van der Waals surface area contributed by atoms with Gasteiger partial charge in [-0.2, -0.15) is 0 Å². The number of carbonyl (C=O) groups excluding carboxylic acids is 2. The summed E-state index contributed by atoms with van der Waals surface area (Å²) in [6, 6.07) is -1.55. The highest BCUT2D eigenvalue weighted by atomic mass is 31.2. The van der Waals surface area contributed by atoms with Gasteiger partial charge in [0.15, 0.2) is 6.04 Å². The fourth-order valence-corrected chi connectivity index (χ4v) is 7.34. The Kier molecular flexibility index (Phi) is 40.7. The summed E-state index contributed by atoms with van der Waals surface area (Å²) >= 11 is 0. The maximum Gasteiger partial charge on any atom is 0.472 e. The van der Waals surface area contributed by atoms with Gasteiger partial charge in [-0.1, -0.05) is 192 Å². The molecule has 0 aromatic heterocycles. The quantitative estimate of drug-likeness (QED) is 0.0200. The predicted octanol–water partition coefficient (Wildman–Crippen LogP) is 12.4. The molecular formula is C47H86NO10P. The molecule has 0 saturated heterocycles. The molecule has 0 spiro atoms. The Hall–Kier alpha value is -2.30. The number of unbranched alkanes of at least 4 members (excludes halogenated alkanes) is 24. The van der Waals surface area contributed by atoms with E-state index in [9.17, 15) is 34.1 Å². The van der Waals surface area contributed by atoms with Crippen LogP contribution in [0.2, 0.25) is 0 Å². The molecule has 11 nitrogen and oxygen atoms in total. The first-order chi connectivity index (χ1) is 28.6. The van der Waals surface area contributed by atoms with E-state index in [0.29, 0.717) is 12.8 Å². The van der Waals surface area contributed by atoms with E-state index in [-0.39, 0.29) is 12.8 Å². The van der Waals surface area contributed by atoms with E-state index in [1.165, 1.54) is 103 Å². The van der Waals surface area contributed by atoms with Gasteiger partial charge in [0.25, 0.3) is 0 Å². The van der Waals surface area contributed by atoms with Crippen LogP contribution >= 0.6 is 7.82 Å². The Bertz CT molecular complexity index is 1140. The third-order valence-electron chi connectivity index (χ3n) is 10.2. The molecule has 12 heteroatoms. The van der Waals surface area contributed by atoms with Crippen molar-refractivity contribution >= 4 is 25.7 Å². The number of carboxylic acid groups (broad SMARTS) is 1. The molecule has 0 radical (unpaired) electrons. The Morgan fingerprint density at radius 1 is 0.559 bits per heavy atom. The zero-order valence-electron chi connectivity index (χ0n) is 37.3. The van der Waals surface area contributed by atoms with Gasteiger partial charge in [0, 0.05) is 12.8 Å². The summed E-state index contributed by atoms with van der Waals surface area (Å²) in [6.07, 6.45) is 46.0. The van der Waals surface area contributed by atoms with Gasteiger partial charge in [0.05, 0.1) is 13.2 Å². The molecule has 0 aliphatic heterocycles. The first kappa shape index (κ1) is 56.7. The minimum atomic E-state index is -4.76. The summed E-state index contributed by atoms with van der Waals surface area (Å²) in [5.74, 6) is -2.38. The molecule has 4 N–H and O–H groups in total. The molecule has 0 saturated carbocycles. The van der Waals surface area contributed by atoms with E-state index in [2.05, 4.69) is 55.6 Å². The number of amides is 1. The second-order valence-electron chi connectivity index (χ2n) is 15.9. The summed E-state index contributed by atoms with van der Waals surface area (Å²) < 4.78 is 26.9. The van der Waals surface area contributed by atoms with Crippen LogP contribution in [0.15, 0.2) is 36.5 Å². The number of phosphoric acid groups is 1. The maximum atomic E-state index is 12.3. The maximum absolute atomic E-state index is 12.3. The number of carbonyl (C=O) groups is 3. The largest absolute Gasteiger partial charge is 0.480 e. The lowest BCUT2D eigenvalue weighted by Gasteiger charge is -2.18. The molecule has 59 heavy (non-hydrogen) atoms. The zero-order valence-corrected chi connectivity index (χ0v) is 38.2. The second-order valence-corrected chi connectivity index (χ2v) is 17.4. The standard InChI is InChI=1S/C47H86NO10P/c1-3-5-7-9-11-13-15-17-19-20-21-22-23-25-26-28-30-32-34-36-38-45(50)48-44(47(52)53)42-58-59(54,55)57-41-43(49)40-56-46(51)39-37-35-33-31-29-27-24-18-16-14-12-10-8-6-4-2/h6,8,12,14,18,24,43-44,49H,3-5,7,9-11,13,15-17,19-23,25-42H2,1-2H3,(H,48,50)(H,52,53)(H,54,55)/b8-6-,14-12-,24-18-. The number of carboxylic acids is 1. The fraction of sp³-hybridized carbons (Fsp3) is 0.809. The van der Waals surface area contributed by atoms with E-state index in [1.54, 1.807) is 0 Å². The molecule has 0 heterocycles. The average Bonchev–Trinajstić information content (AvgIpc) is 3.21. The second kappa shape index (κ2) is 42.4. The van der Waals surface area contributed by atoms with E-state index in [1.807, 2.05) is 0 Å². The molecule has 0 aromatic carbocycles. The number of aliphatic carboxylic acids is 1. The van der Waals surface area contributed by atoms with Gasteiger partial charge < -0.3 is 25.2 Å². The molecule has 3 unspecified atom stereocenters. The molecule has 0 aliphatic rings. The fourth-order valence-electron chi connectivity index (χ4n) is 6.57. The summed E-state index contributed by atoms with van der Waals surface area (Å²) in [5.41, 5.74) is 0. The van der Waals surface area contributed by atoms with Crippen molar-refractivity contribution in [2.75, 3.05) is 19.8 Å². The van der Waals surface area contributed by atoms with E-state index >= 15 is 0 Å². The van der Waals surface area contributed by atoms with Crippen LogP contribution in [-0.2, 0) is 32.7 Å². The Morgan fingerprint density at radius 2 is 0.983 bits per heavy atom. The normalized spacial score (nSPS) is 14.0.